The second kappa shape index (κ2) is 4.35. The molecule has 0 atom stereocenters. The number of nitrogens with zero attached hydrogens (tertiary/aromatic N) is 1. The first-order valence-electron chi connectivity index (χ1n) is 5.22. The molecule has 0 saturated heterocycles. The number of ether oxygens (including phenoxy) is 1. The van der Waals surface area contributed by atoms with Crippen molar-refractivity contribution in [3.8, 4) is 5.75 Å². The lowest BCUT2D eigenvalue weighted by molar-refractivity contribution is 0.303. The zero-order valence-electron chi connectivity index (χ0n) is 9.49. The van der Waals surface area contributed by atoms with Crippen molar-refractivity contribution in [2.75, 3.05) is 25.3 Å². The third-order valence-corrected chi connectivity index (χ3v) is 3.24. The van der Waals surface area contributed by atoms with Crippen LogP contribution in [0.15, 0.2) is 23.1 Å². The number of hydrogen-bond donors (Lipinski definition) is 0. The summed E-state index contributed by atoms with van der Waals surface area (Å²) in [5, 5.41) is 0. The second-order valence-corrected chi connectivity index (χ2v) is 4.89. The zero-order valence-corrected chi connectivity index (χ0v) is 10.3. The molecule has 2 nitrogen and oxygen atoms in total. The maximum atomic E-state index is 5.78. The van der Waals surface area contributed by atoms with E-state index in [1.807, 2.05) is 0 Å². The molecule has 1 fully saturated rings. The molecule has 0 spiro atoms. The summed E-state index contributed by atoms with van der Waals surface area (Å²) in [6, 6.07) is 6.33. The molecule has 1 aliphatic carbocycles. The van der Waals surface area contributed by atoms with Gasteiger partial charge in [-0.2, -0.15) is 0 Å². The molecule has 2 rings (SSSR count). The molecule has 1 aromatic rings. The van der Waals surface area contributed by atoms with E-state index in [9.17, 15) is 0 Å². The Bertz CT molecular complexity index is 347. The predicted molar refractivity (Wildman–Crippen MR) is 66.2 cm³/mol. The van der Waals surface area contributed by atoms with Crippen LogP contribution in [0.4, 0.5) is 5.69 Å². The molecule has 1 aliphatic rings. The van der Waals surface area contributed by atoms with E-state index in [0.29, 0.717) is 6.10 Å². The van der Waals surface area contributed by atoms with Crippen molar-refractivity contribution in [2.45, 2.75) is 23.8 Å². The second-order valence-electron chi connectivity index (χ2n) is 4.05. The Morgan fingerprint density at radius 2 is 2.07 bits per heavy atom. The normalized spacial score (nSPS) is 15.1. The molecule has 82 valence electrons. The van der Waals surface area contributed by atoms with Gasteiger partial charge >= 0.3 is 0 Å². The lowest BCUT2D eigenvalue weighted by atomic mass is 10.3. The van der Waals surface area contributed by atoms with Crippen molar-refractivity contribution >= 4 is 17.4 Å². The highest BCUT2D eigenvalue weighted by molar-refractivity contribution is 7.98. The molecule has 0 bridgehead atoms. The number of thioether (sulfide) groups is 1. The van der Waals surface area contributed by atoms with Crippen LogP contribution in [0.5, 0.6) is 5.75 Å². The van der Waals surface area contributed by atoms with Crippen LogP contribution >= 0.6 is 11.8 Å². The van der Waals surface area contributed by atoms with Crippen LogP contribution in [0.1, 0.15) is 12.8 Å². The standard InChI is InChI=1S/C12H17NOS/c1-13(2)11-8-10(14-9-4-5-9)6-7-12(11)15-3/h6-9H,4-5H2,1-3H3. The number of rotatable bonds is 4. The summed E-state index contributed by atoms with van der Waals surface area (Å²) in [6.07, 6.45) is 4.99. The summed E-state index contributed by atoms with van der Waals surface area (Å²) >= 11 is 1.77. The molecule has 0 amide bonds. The van der Waals surface area contributed by atoms with Crippen LogP contribution in [0, 0.1) is 0 Å². The highest BCUT2D eigenvalue weighted by Crippen LogP contribution is 2.34. The summed E-state index contributed by atoms with van der Waals surface area (Å²) in [4.78, 5) is 3.43. The Morgan fingerprint density at radius 3 is 2.60 bits per heavy atom. The van der Waals surface area contributed by atoms with Gasteiger partial charge in [-0.3, -0.25) is 0 Å². The van der Waals surface area contributed by atoms with E-state index in [2.05, 4.69) is 43.5 Å². The average Bonchev–Trinajstić information content (AvgIpc) is 3.01. The Kier molecular flexibility index (Phi) is 3.10. The molecule has 0 unspecified atom stereocenters. The van der Waals surface area contributed by atoms with Crippen molar-refractivity contribution in [2.24, 2.45) is 0 Å². The number of benzene rings is 1. The summed E-state index contributed by atoms with van der Waals surface area (Å²) < 4.78 is 5.78. The van der Waals surface area contributed by atoms with Gasteiger partial charge in [0.25, 0.3) is 0 Å². The van der Waals surface area contributed by atoms with Crippen LogP contribution in [-0.4, -0.2) is 26.5 Å². The average molecular weight is 223 g/mol. The molecule has 0 heterocycles. The van der Waals surface area contributed by atoms with E-state index >= 15 is 0 Å². The molecule has 0 aliphatic heterocycles. The first-order valence-corrected chi connectivity index (χ1v) is 6.45. The van der Waals surface area contributed by atoms with E-state index in [1.54, 1.807) is 11.8 Å². The largest absolute Gasteiger partial charge is 0.490 e. The van der Waals surface area contributed by atoms with Crippen molar-refractivity contribution in [3.63, 3.8) is 0 Å². The number of hydrogen-bond acceptors (Lipinski definition) is 3. The van der Waals surface area contributed by atoms with Crippen LogP contribution in [0.25, 0.3) is 0 Å². The molecule has 1 saturated carbocycles. The number of anilines is 1. The minimum atomic E-state index is 0.472. The van der Waals surface area contributed by atoms with E-state index in [1.165, 1.54) is 23.4 Å². The molecular formula is C12H17NOS. The van der Waals surface area contributed by atoms with Gasteiger partial charge in [-0.15, -0.1) is 11.8 Å². The van der Waals surface area contributed by atoms with Crippen LogP contribution in [-0.2, 0) is 0 Å². The quantitative estimate of drug-likeness (QED) is 0.728. The third kappa shape index (κ3) is 2.59. The van der Waals surface area contributed by atoms with E-state index in [0.717, 1.165) is 5.75 Å². The van der Waals surface area contributed by atoms with Gasteiger partial charge < -0.3 is 9.64 Å². The van der Waals surface area contributed by atoms with E-state index < -0.39 is 0 Å². The minimum absolute atomic E-state index is 0.472. The fourth-order valence-corrected chi connectivity index (χ4v) is 2.13. The lowest BCUT2D eigenvalue weighted by Gasteiger charge is -2.17. The third-order valence-electron chi connectivity index (χ3n) is 2.46. The van der Waals surface area contributed by atoms with Crippen LogP contribution < -0.4 is 9.64 Å². The smallest absolute Gasteiger partial charge is 0.121 e. The van der Waals surface area contributed by atoms with Gasteiger partial charge in [0.05, 0.1) is 11.8 Å². The van der Waals surface area contributed by atoms with Crippen LogP contribution in [0.2, 0.25) is 0 Å². The highest BCUT2D eigenvalue weighted by atomic mass is 32.2. The van der Waals surface area contributed by atoms with Gasteiger partial charge in [-0.05, 0) is 31.2 Å². The van der Waals surface area contributed by atoms with E-state index in [4.69, 9.17) is 4.74 Å². The fraction of sp³-hybridized carbons (Fsp3) is 0.500. The lowest BCUT2D eigenvalue weighted by Crippen LogP contribution is -2.10. The summed E-state index contributed by atoms with van der Waals surface area (Å²) in [5.41, 5.74) is 1.24. The molecular weight excluding hydrogens is 206 g/mol. The molecule has 0 N–H and O–H groups in total. The molecule has 0 radical (unpaired) electrons. The Hall–Kier alpha value is -0.830. The maximum Gasteiger partial charge on any atom is 0.121 e. The fourth-order valence-electron chi connectivity index (χ4n) is 1.47. The Morgan fingerprint density at radius 1 is 1.33 bits per heavy atom. The monoisotopic (exact) mass is 223 g/mol. The van der Waals surface area contributed by atoms with Crippen molar-refractivity contribution in [1.29, 1.82) is 0 Å². The molecule has 0 aromatic heterocycles. The Balaban J connectivity index is 2.22. The first-order chi connectivity index (χ1) is 7.20. The summed E-state index contributed by atoms with van der Waals surface area (Å²) in [7, 11) is 4.13. The highest BCUT2D eigenvalue weighted by Gasteiger charge is 2.23. The summed E-state index contributed by atoms with van der Waals surface area (Å²) in [6.45, 7) is 0. The predicted octanol–water partition coefficient (Wildman–Crippen LogP) is 3.02. The molecule has 3 heteroatoms. The SMILES string of the molecule is CSc1ccc(OC2CC2)cc1N(C)C. The Labute approximate surface area is 95.6 Å². The van der Waals surface area contributed by atoms with Gasteiger partial charge in [0.2, 0.25) is 0 Å². The topological polar surface area (TPSA) is 12.5 Å². The van der Waals surface area contributed by atoms with Crippen molar-refractivity contribution in [1.82, 2.24) is 0 Å². The van der Waals surface area contributed by atoms with Gasteiger partial charge in [-0.25, -0.2) is 0 Å². The van der Waals surface area contributed by atoms with Crippen molar-refractivity contribution < 1.29 is 4.74 Å². The summed E-state index contributed by atoms with van der Waals surface area (Å²) in [5.74, 6) is 0.999. The van der Waals surface area contributed by atoms with Gasteiger partial charge in [0.15, 0.2) is 0 Å². The van der Waals surface area contributed by atoms with Gasteiger partial charge in [0.1, 0.15) is 5.75 Å². The van der Waals surface area contributed by atoms with Crippen LogP contribution in [0.3, 0.4) is 0 Å². The van der Waals surface area contributed by atoms with Gasteiger partial charge in [0, 0.05) is 25.1 Å². The van der Waals surface area contributed by atoms with E-state index in [-0.39, 0.29) is 0 Å². The first kappa shape index (κ1) is 10.7. The molecule has 15 heavy (non-hydrogen) atoms. The zero-order chi connectivity index (χ0) is 10.8. The maximum absolute atomic E-state index is 5.78. The van der Waals surface area contributed by atoms with Gasteiger partial charge in [-0.1, -0.05) is 0 Å². The van der Waals surface area contributed by atoms with Crippen molar-refractivity contribution in [3.05, 3.63) is 18.2 Å². The minimum Gasteiger partial charge on any atom is -0.490 e. The molecule has 1 aromatic carbocycles.